The molecule has 27 rings (SSSR count). The molecular formula is C130H84N6O2. The summed E-state index contributed by atoms with van der Waals surface area (Å²) in [5, 5.41) is 16.5. The van der Waals surface area contributed by atoms with Gasteiger partial charge in [0.1, 0.15) is 22.3 Å². The van der Waals surface area contributed by atoms with E-state index in [-0.39, 0.29) is 0 Å². The van der Waals surface area contributed by atoms with Crippen molar-refractivity contribution < 1.29 is 8.83 Å². The van der Waals surface area contributed by atoms with Crippen LogP contribution in [-0.4, -0.2) is 19.1 Å². The molecule has 0 aliphatic heterocycles. The number of fused-ring (bicyclic) bond motifs is 15. The first-order chi connectivity index (χ1) is 68.3. The fourth-order valence-corrected chi connectivity index (χ4v) is 20.7. The minimum absolute atomic E-state index is 0.887. The van der Waals surface area contributed by atoms with Crippen LogP contribution >= 0.6 is 0 Å². The molecule has 6 aromatic heterocycles. The summed E-state index contributed by atoms with van der Waals surface area (Å²) in [7, 11) is 0. The van der Waals surface area contributed by atoms with E-state index in [4.69, 9.17) is 8.83 Å². The number of hydrogen-bond donors (Lipinski definition) is 0. The lowest BCUT2D eigenvalue weighted by Crippen LogP contribution is -2.09. The Morgan fingerprint density at radius 1 is 0.159 bits per heavy atom. The maximum absolute atomic E-state index is 6.29. The quantitative estimate of drug-likeness (QED) is 0.0960. The SMILES string of the molecule is c1ccc(N(c2ccc3ccccc3c2)c2ccc3cc(-c4cc(-c5ccc6oc7ccccc7c6c5)cc(-c5ccc6c7ccccc7n(-c7ccc(-c8cccnc8)cc7)c6c5)c4)ccc3c2)cc1.c1ccc(N(c2ccccc2)c2ccc3cc(-c4cc(-c5ccc6oc7ccccc7c6c5)cc(-c5ccc6c7ccccc7n(-c7ccc(-c8ccncc8)cc7)c6c5)c4)ccc3c2)cc1. The molecule has 0 aliphatic carbocycles. The van der Waals surface area contributed by atoms with Gasteiger partial charge in [-0.1, -0.05) is 261 Å². The average molecular weight is 1760 g/mol. The number of aromatic nitrogens is 4. The van der Waals surface area contributed by atoms with E-state index in [0.717, 1.165) is 189 Å². The first kappa shape index (κ1) is 80.4. The third-order valence-corrected chi connectivity index (χ3v) is 27.4. The molecule has 0 unspecified atom stereocenters. The number of furan rings is 2. The van der Waals surface area contributed by atoms with Crippen molar-refractivity contribution >= 4 is 154 Å². The summed E-state index contributed by atoms with van der Waals surface area (Å²) in [4.78, 5) is 13.3. The Morgan fingerprint density at radius 2 is 0.478 bits per heavy atom. The van der Waals surface area contributed by atoms with Crippen molar-refractivity contribution in [2.24, 2.45) is 0 Å². The number of nitrogens with zero attached hydrogens (tertiary/aromatic N) is 6. The summed E-state index contributed by atoms with van der Waals surface area (Å²) < 4.78 is 17.4. The Hall–Kier alpha value is -18.5. The van der Waals surface area contributed by atoms with Crippen molar-refractivity contribution in [3.63, 3.8) is 0 Å². The van der Waals surface area contributed by atoms with Gasteiger partial charge in [0.25, 0.3) is 0 Å². The predicted octanol–water partition coefficient (Wildman–Crippen LogP) is 35.9. The number of benzene rings is 21. The number of hydrogen-bond acceptors (Lipinski definition) is 6. The van der Waals surface area contributed by atoms with Crippen molar-refractivity contribution in [3.8, 4) is 100 Å². The lowest BCUT2D eigenvalue weighted by Gasteiger charge is -2.26. The van der Waals surface area contributed by atoms with Crippen LogP contribution in [0.2, 0.25) is 0 Å². The van der Waals surface area contributed by atoms with Crippen LogP contribution in [0.3, 0.4) is 0 Å². The van der Waals surface area contributed by atoms with Gasteiger partial charge in [-0.3, -0.25) is 9.97 Å². The van der Waals surface area contributed by atoms with Crippen LogP contribution in [0.5, 0.6) is 0 Å². The Morgan fingerprint density at radius 3 is 0.928 bits per heavy atom. The second-order valence-corrected chi connectivity index (χ2v) is 35.7. The lowest BCUT2D eigenvalue weighted by atomic mass is 9.91. The summed E-state index contributed by atoms with van der Waals surface area (Å²) in [6, 6.07) is 176. The molecular weight excluding hydrogens is 1680 g/mol. The van der Waals surface area contributed by atoms with E-state index in [1.165, 1.54) is 64.9 Å². The summed E-state index contributed by atoms with van der Waals surface area (Å²) in [6.45, 7) is 0. The van der Waals surface area contributed by atoms with E-state index in [1.54, 1.807) is 0 Å². The molecule has 138 heavy (non-hydrogen) atoms. The predicted molar refractivity (Wildman–Crippen MR) is 577 cm³/mol. The van der Waals surface area contributed by atoms with Crippen molar-refractivity contribution in [2.75, 3.05) is 9.80 Å². The maximum atomic E-state index is 6.29. The molecule has 6 heterocycles. The molecule has 27 aromatic rings. The first-order valence-electron chi connectivity index (χ1n) is 46.9. The van der Waals surface area contributed by atoms with E-state index in [9.17, 15) is 0 Å². The second kappa shape index (κ2) is 34.0. The molecule has 21 aromatic carbocycles. The van der Waals surface area contributed by atoms with Gasteiger partial charge in [0.2, 0.25) is 0 Å². The summed E-state index contributed by atoms with van der Waals surface area (Å²) in [5.41, 5.74) is 35.5. The van der Waals surface area contributed by atoms with E-state index < -0.39 is 0 Å². The molecule has 0 N–H and O–H groups in total. The van der Waals surface area contributed by atoms with Crippen LogP contribution in [0.25, 0.3) is 220 Å². The average Bonchev–Trinajstić information content (AvgIpc) is 1.60. The van der Waals surface area contributed by atoms with Gasteiger partial charge in [-0.05, 0) is 346 Å². The third kappa shape index (κ3) is 14.7. The molecule has 0 amide bonds. The first-order valence-corrected chi connectivity index (χ1v) is 46.9. The van der Waals surface area contributed by atoms with Gasteiger partial charge >= 0.3 is 0 Å². The minimum Gasteiger partial charge on any atom is -0.456 e. The lowest BCUT2D eigenvalue weighted by molar-refractivity contribution is 0.668. The van der Waals surface area contributed by atoms with Crippen LogP contribution in [0.15, 0.2) is 519 Å². The monoisotopic (exact) mass is 1760 g/mol. The van der Waals surface area contributed by atoms with Gasteiger partial charge in [-0.15, -0.1) is 0 Å². The third-order valence-electron chi connectivity index (χ3n) is 27.4. The summed E-state index contributed by atoms with van der Waals surface area (Å²) in [6.07, 6.45) is 7.42. The van der Waals surface area contributed by atoms with Gasteiger partial charge in [0.15, 0.2) is 0 Å². The highest BCUT2D eigenvalue weighted by atomic mass is 16.3. The van der Waals surface area contributed by atoms with Crippen molar-refractivity contribution in [2.45, 2.75) is 0 Å². The fraction of sp³-hybridized carbons (Fsp3) is 0. The topological polar surface area (TPSA) is 68.4 Å². The number of rotatable bonds is 16. The zero-order chi connectivity index (χ0) is 91.1. The van der Waals surface area contributed by atoms with Gasteiger partial charge < -0.3 is 27.8 Å². The largest absolute Gasteiger partial charge is 0.456 e. The Labute approximate surface area is 796 Å². The van der Waals surface area contributed by atoms with Crippen LogP contribution in [0, 0.1) is 0 Å². The zero-order valence-corrected chi connectivity index (χ0v) is 75.0. The molecule has 8 nitrogen and oxygen atoms in total. The van der Waals surface area contributed by atoms with E-state index in [0.29, 0.717) is 0 Å². The molecule has 0 radical (unpaired) electrons. The Balaban J connectivity index is 0.000000143. The van der Waals surface area contributed by atoms with Gasteiger partial charge in [0.05, 0.1) is 22.1 Å². The summed E-state index contributed by atoms with van der Waals surface area (Å²) >= 11 is 0. The van der Waals surface area contributed by atoms with E-state index in [1.807, 2.05) is 55.1 Å². The van der Waals surface area contributed by atoms with Crippen molar-refractivity contribution in [1.82, 2.24) is 19.1 Å². The molecule has 0 saturated carbocycles. The molecule has 0 bridgehead atoms. The van der Waals surface area contributed by atoms with Crippen LogP contribution in [-0.2, 0) is 0 Å². The Bertz CT molecular complexity index is 9350. The van der Waals surface area contributed by atoms with E-state index in [2.05, 4.69) is 484 Å². The maximum Gasteiger partial charge on any atom is 0.135 e. The molecule has 8 heteroatoms. The zero-order valence-electron chi connectivity index (χ0n) is 75.0. The van der Waals surface area contributed by atoms with Gasteiger partial charge in [-0.25, -0.2) is 0 Å². The molecule has 0 saturated heterocycles. The Kier molecular flexibility index (Phi) is 19.8. The minimum atomic E-state index is 0.887. The molecule has 0 atom stereocenters. The number of pyridine rings is 2. The van der Waals surface area contributed by atoms with E-state index >= 15 is 0 Å². The highest BCUT2D eigenvalue weighted by Gasteiger charge is 2.23. The molecule has 0 aliphatic rings. The van der Waals surface area contributed by atoms with Crippen LogP contribution < -0.4 is 9.80 Å². The van der Waals surface area contributed by atoms with Gasteiger partial charge in [-0.2, -0.15) is 0 Å². The van der Waals surface area contributed by atoms with Crippen molar-refractivity contribution in [1.29, 1.82) is 0 Å². The molecule has 646 valence electrons. The number of para-hydroxylation sites is 7. The number of anilines is 6. The van der Waals surface area contributed by atoms with Gasteiger partial charge in [0, 0.05) is 113 Å². The fourth-order valence-electron chi connectivity index (χ4n) is 20.7. The standard InChI is InChI=1S/C67H43N3O.C63H41N3O/c1-2-14-56(15-3-1)69(58-30-24-44-11-4-5-12-46(44)39-58)59-31-25-47-35-48(20-21-49(47)40-59)53-36-54(50-27-33-67-63(41-50)62-17-7-9-19-66(62)71-67)38-55(37-53)51-26-32-61-60-16-6-8-18-64(60)70(65(61)42-51)57-28-22-45(23-29-57)52-13-10-34-68-43-52;1-3-11-52(12-4-1)65(53-13-5-2-6-14-53)55-28-23-44-35-45(19-20-46(44)39-55)49-36-50(47-25-30-63-59(40-47)58-16-8-10-18-62(58)67-63)38-51(37-49)48-24-29-57-56-15-7-9-17-60(56)66(61(57)41-48)54-26-21-42(22-27-54)43-31-33-64-34-32-43/h1-43H;1-41H. The molecule has 0 spiro atoms. The van der Waals surface area contributed by atoms with Crippen molar-refractivity contribution in [3.05, 3.63) is 510 Å². The highest BCUT2D eigenvalue weighted by molar-refractivity contribution is 6.14. The van der Waals surface area contributed by atoms with Crippen LogP contribution in [0.1, 0.15) is 0 Å². The van der Waals surface area contributed by atoms with Crippen LogP contribution in [0.4, 0.5) is 34.1 Å². The molecule has 0 fully saturated rings. The normalized spacial score (nSPS) is 11.6. The smallest absolute Gasteiger partial charge is 0.135 e. The second-order valence-electron chi connectivity index (χ2n) is 35.7. The summed E-state index contributed by atoms with van der Waals surface area (Å²) in [5.74, 6) is 0. The highest BCUT2D eigenvalue weighted by Crippen LogP contribution is 2.47.